The molecule has 0 aliphatic carbocycles. The minimum Gasteiger partial charge on any atom is -0.444 e. The number of alkyl carbamates (subject to hydrolysis) is 1. The lowest BCUT2D eigenvalue weighted by Gasteiger charge is -2.26. The normalized spacial score (nSPS) is 20.5. The Labute approximate surface area is 125 Å². The van der Waals surface area contributed by atoms with Gasteiger partial charge in [-0.05, 0) is 32.8 Å². The molecule has 2 rings (SSSR count). The highest BCUT2D eigenvalue weighted by Gasteiger charge is 2.38. The molecule has 1 aromatic rings. The van der Waals surface area contributed by atoms with Gasteiger partial charge in [0.15, 0.2) is 0 Å². The minimum atomic E-state index is -0.738. The smallest absolute Gasteiger partial charge is 0.407 e. The molecule has 1 fully saturated rings. The van der Waals surface area contributed by atoms with E-state index in [1.165, 1.54) is 0 Å². The molecule has 0 saturated carbocycles. The predicted octanol–water partition coefficient (Wildman–Crippen LogP) is 1.88. The van der Waals surface area contributed by atoms with Crippen LogP contribution >= 0.6 is 0 Å². The van der Waals surface area contributed by atoms with Crippen molar-refractivity contribution < 1.29 is 19.4 Å². The number of hydrogen-bond donors (Lipinski definition) is 2. The average molecular weight is 293 g/mol. The van der Waals surface area contributed by atoms with E-state index in [4.69, 9.17) is 9.47 Å². The van der Waals surface area contributed by atoms with Gasteiger partial charge in [0, 0.05) is 0 Å². The molecule has 5 nitrogen and oxygen atoms in total. The molecule has 1 unspecified atom stereocenters. The monoisotopic (exact) mass is 293 g/mol. The number of ether oxygens (including phenoxy) is 2. The lowest BCUT2D eigenvalue weighted by molar-refractivity contribution is 0.0387. The van der Waals surface area contributed by atoms with Crippen LogP contribution in [-0.4, -0.2) is 41.7 Å². The average Bonchev–Trinajstić information content (AvgIpc) is 3.20. The second-order valence-corrected chi connectivity index (χ2v) is 6.30. The maximum atomic E-state index is 11.9. The number of epoxide rings is 1. The highest BCUT2D eigenvalue weighted by molar-refractivity contribution is 5.68. The summed E-state index contributed by atoms with van der Waals surface area (Å²) < 4.78 is 10.4. The number of carbonyl (C=O) groups excluding carboxylic acids is 1. The number of aliphatic hydroxyl groups excluding tert-OH is 1. The van der Waals surface area contributed by atoms with Crippen LogP contribution in [0.5, 0.6) is 0 Å². The van der Waals surface area contributed by atoms with Crippen molar-refractivity contribution in [2.75, 3.05) is 6.61 Å². The molecule has 5 heteroatoms. The topological polar surface area (TPSA) is 71.1 Å². The Morgan fingerprint density at radius 1 is 1.43 bits per heavy atom. The Kier molecular flexibility index (Phi) is 4.85. The Balaban J connectivity index is 2.00. The quantitative estimate of drug-likeness (QED) is 0.813. The molecule has 2 N–H and O–H groups in total. The summed E-state index contributed by atoms with van der Waals surface area (Å²) in [4.78, 5) is 11.9. The van der Waals surface area contributed by atoms with Crippen LogP contribution in [0.4, 0.5) is 4.79 Å². The SMILES string of the molecule is CC(C)(C)OC(=O)N[C@@H](Cc1ccccc1)[C@H](O)C1CO1. The summed E-state index contributed by atoms with van der Waals surface area (Å²) in [6.45, 7) is 5.94. The van der Waals surface area contributed by atoms with Crippen LogP contribution < -0.4 is 5.32 Å². The molecular weight excluding hydrogens is 270 g/mol. The van der Waals surface area contributed by atoms with E-state index in [9.17, 15) is 9.90 Å². The maximum absolute atomic E-state index is 11.9. The highest BCUT2D eigenvalue weighted by atomic mass is 16.6. The van der Waals surface area contributed by atoms with E-state index in [1.807, 2.05) is 30.3 Å². The fraction of sp³-hybridized carbons (Fsp3) is 0.562. The molecule has 0 radical (unpaired) electrons. The Hall–Kier alpha value is -1.59. The minimum absolute atomic E-state index is 0.200. The van der Waals surface area contributed by atoms with Crippen molar-refractivity contribution in [1.29, 1.82) is 0 Å². The molecule has 21 heavy (non-hydrogen) atoms. The second-order valence-electron chi connectivity index (χ2n) is 6.30. The van der Waals surface area contributed by atoms with Gasteiger partial charge < -0.3 is 19.9 Å². The van der Waals surface area contributed by atoms with Gasteiger partial charge in [0.2, 0.25) is 0 Å². The van der Waals surface area contributed by atoms with Gasteiger partial charge in [-0.2, -0.15) is 0 Å². The molecule has 1 amide bonds. The Bertz CT molecular complexity index is 465. The van der Waals surface area contributed by atoms with Gasteiger partial charge in [-0.15, -0.1) is 0 Å². The van der Waals surface area contributed by atoms with Gasteiger partial charge >= 0.3 is 6.09 Å². The summed E-state index contributed by atoms with van der Waals surface area (Å²) >= 11 is 0. The summed E-state index contributed by atoms with van der Waals surface area (Å²) in [6, 6.07) is 9.28. The lowest BCUT2D eigenvalue weighted by Crippen LogP contribution is -2.48. The summed E-state index contributed by atoms with van der Waals surface area (Å²) in [7, 11) is 0. The molecule has 0 bridgehead atoms. The first-order valence-electron chi connectivity index (χ1n) is 7.18. The van der Waals surface area contributed by atoms with Crippen LogP contribution in [0.25, 0.3) is 0 Å². The van der Waals surface area contributed by atoms with Crippen molar-refractivity contribution in [3.8, 4) is 0 Å². The Morgan fingerprint density at radius 3 is 2.57 bits per heavy atom. The van der Waals surface area contributed by atoms with Crippen LogP contribution in [-0.2, 0) is 15.9 Å². The molecule has 116 valence electrons. The zero-order valence-electron chi connectivity index (χ0n) is 12.7. The molecular formula is C16H23NO4. The van der Waals surface area contributed by atoms with E-state index < -0.39 is 23.8 Å². The number of carbonyl (C=O) groups is 1. The summed E-state index contributed by atoms with van der Waals surface area (Å²) in [5.74, 6) is 0. The standard InChI is InChI=1S/C16H23NO4/c1-16(2,3)21-15(19)17-12(14(18)13-10-20-13)9-11-7-5-4-6-8-11/h4-8,12-14,18H,9-10H2,1-3H3,(H,17,19)/t12-,13?,14-/m0/s1. The highest BCUT2D eigenvalue weighted by Crippen LogP contribution is 2.19. The van der Waals surface area contributed by atoms with Crippen molar-refractivity contribution in [2.24, 2.45) is 0 Å². The third-order valence-electron chi connectivity index (χ3n) is 3.15. The van der Waals surface area contributed by atoms with Crippen molar-refractivity contribution in [3.05, 3.63) is 35.9 Å². The van der Waals surface area contributed by atoms with Crippen LogP contribution in [0, 0.1) is 0 Å². The van der Waals surface area contributed by atoms with E-state index in [1.54, 1.807) is 20.8 Å². The van der Waals surface area contributed by atoms with E-state index >= 15 is 0 Å². The van der Waals surface area contributed by atoms with Crippen LogP contribution in [0.3, 0.4) is 0 Å². The zero-order chi connectivity index (χ0) is 15.5. The fourth-order valence-corrected chi connectivity index (χ4v) is 2.10. The van der Waals surface area contributed by atoms with Crippen molar-refractivity contribution in [3.63, 3.8) is 0 Å². The second kappa shape index (κ2) is 6.45. The molecule has 0 spiro atoms. The Morgan fingerprint density at radius 2 is 2.05 bits per heavy atom. The molecule has 1 heterocycles. The molecule has 1 aliphatic rings. The lowest BCUT2D eigenvalue weighted by atomic mass is 9.99. The predicted molar refractivity (Wildman–Crippen MR) is 79.1 cm³/mol. The maximum Gasteiger partial charge on any atom is 0.407 e. The summed E-state index contributed by atoms with van der Waals surface area (Å²) in [5.41, 5.74) is 0.473. The van der Waals surface area contributed by atoms with Gasteiger partial charge in [0.1, 0.15) is 17.8 Å². The van der Waals surface area contributed by atoms with Crippen molar-refractivity contribution in [2.45, 2.75) is 51.0 Å². The van der Waals surface area contributed by atoms with Crippen LogP contribution in [0.1, 0.15) is 26.3 Å². The zero-order valence-corrected chi connectivity index (χ0v) is 12.7. The number of nitrogens with one attached hydrogen (secondary N) is 1. The molecule has 3 atom stereocenters. The van der Waals surface area contributed by atoms with Crippen molar-refractivity contribution >= 4 is 6.09 Å². The summed E-state index contributed by atoms with van der Waals surface area (Å²) in [5, 5.41) is 13.0. The number of hydrogen-bond acceptors (Lipinski definition) is 4. The fourth-order valence-electron chi connectivity index (χ4n) is 2.10. The van der Waals surface area contributed by atoms with Gasteiger partial charge in [-0.3, -0.25) is 0 Å². The van der Waals surface area contributed by atoms with E-state index in [2.05, 4.69) is 5.32 Å². The van der Waals surface area contributed by atoms with E-state index in [0.717, 1.165) is 5.56 Å². The molecule has 1 saturated heterocycles. The van der Waals surface area contributed by atoms with Crippen molar-refractivity contribution in [1.82, 2.24) is 5.32 Å². The van der Waals surface area contributed by atoms with Gasteiger partial charge in [0.25, 0.3) is 0 Å². The van der Waals surface area contributed by atoms with Crippen LogP contribution in [0.2, 0.25) is 0 Å². The number of benzene rings is 1. The van der Waals surface area contributed by atoms with Gasteiger partial charge in [0.05, 0.1) is 12.6 Å². The number of rotatable bonds is 5. The largest absolute Gasteiger partial charge is 0.444 e. The number of amides is 1. The molecule has 1 aromatic carbocycles. The number of aliphatic hydroxyl groups is 1. The third-order valence-corrected chi connectivity index (χ3v) is 3.15. The van der Waals surface area contributed by atoms with E-state index in [0.29, 0.717) is 13.0 Å². The van der Waals surface area contributed by atoms with Gasteiger partial charge in [-0.1, -0.05) is 30.3 Å². The third kappa shape index (κ3) is 5.36. The first-order chi connectivity index (χ1) is 9.85. The molecule has 0 aromatic heterocycles. The molecule has 1 aliphatic heterocycles. The first-order valence-corrected chi connectivity index (χ1v) is 7.18. The van der Waals surface area contributed by atoms with Gasteiger partial charge in [-0.25, -0.2) is 4.79 Å². The summed E-state index contributed by atoms with van der Waals surface area (Å²) in [6.07, 6.45) is -0.935. The first kappa shape index (κ1) is 15.8. The van der Waals surface area contributed by atoms with Crippen LogP contribution in [0.15, 0.2) is 30.3 Å². The van der Waals surface area contributed by atoms with E-state index in [-0.39, 0.29) is 6.10 Å².